The molecule has 0 saturated carbocycles. The highest BCUT2D eigenvalue weighted by molar-refractivity contribution is 7.18. The minimum absolute atomic E-state index is 0.0658. The van der Waals surface area contributed by atoms with Crippen LogP contribution in [0.3, 0.4) is 0 Å². The number of fused-ring (bicyclic) bond motifs is 3. The van der Waals surface area contributed by atoms with Crippen LogP contribution in [0.4, 0.5) is 5.69 Å². The summed E-state index contributed by atoms with van der Waals surface area (Å²) in [6.07, 6.45) is 4.81. The average molecular weight is 353 g/mol. The van der Waals surface area contributed by atoms with Gasteiger partial charge in [-0.1, -0.05) is 6.07 Å². The number of aromatic nitrogens is 2. The molecule has 0 unspecified atom stereocenters. The molecule has 3 aromatic rings. The van der Waals surface area contributed by atoms with Gasteiger partial charge < -0.3 is 10.1 Å². The number of thiophene rings is 1. The summed E-state index contributed by atoms with van der Waals surface area (Å²) in [5, 5.41) is 3.87. The molecule has 2 heterocycles. The highest BCUT2D eigenvalue weighted by Gasteiger charge is 2.22. The summed E-state index contributed by atoms with van der Waals surface area (Å²) < 4.78 is 5.74. The van der Waals surface area contributed by atoms with Crippen molar-refractivity contribution in [1.82, 2.24) is 9.97 Å². The van der Waals surface area contributed by atoms with Crippen LogP contribution in [0, 0.1) is 13.8 Å². The third-order valence-electron chi connectivity index (χ3n) is 4.31. The molecule has 1 aliphatic carbocycles. The highest BCUT2D eigenvalue weighted by Crippen LogP contribution is 2.39. The molecule has 0 aliphatic heterocycles. The zero-order valence-corrected chi connectivity index (χ0v) is 15.1. The van der Waals surface area contributed by atoms with E-state index in [-0.39, 0.29) is 12.5 Å². The Morgan fingerprint density at radius 3 is 2.80 bits per heavy atom. The number of carbonyl (C=O) groups excluding carboxylic acids is 1. The lowest BCUT2D eigenvalue weighted by Gasteiger charge is -2.09. The van der Waals surface area contributed by atoms with Crippen molar-refractivity contribution in [2.24, 2.45) is 0 Å². The van der Waals surface area contributed by atoms with E-state index in [1.165, 1.54) is 23.2 Å². The quantitative estimate of drug-likeness (QED) is 0.774. The second kappa shape index (κ2) is 6.44. The molecule has 1 aliphatic rings. The first-order valence-corrected chi connectivity index (χ1v) is 9.18. The van der Waals surface area contributed by atoms with Crippen LogP contribution >= 0.6 is 11.3 Å². The van der Waals surface area contributed by atoms with Crippen molar-refractivity contribution in [3.05, 3.63) is 46.1 Å². The van der Waals surface area contributed by atoms with Crippen LogP contribution in [-0.4, -0.2) is 22.5 Å². The molecule has 1 N–H and O–H groups in total. The number of ether oxygens (including phenoxy) is 1. The third-order valence-corrected chi connectivity index (χ3v) is 5.51. The molecule has 6 heteroatoms. The van der Waals surface area contributed by atoms with E-state index in [4.69, 9.17) is 4.74 Å². The van der Waals surface area contributed by atoms with Crippen LogP contribution in [0.5, 0.6) is 5.88 Å². The van der Waals surface area contributed by atoms with E-state index in [9.17, 15) is 4.79 Å². The van der Waals surface area contributed by atoms with Crippen LogP contribution in [0.25, 0.3) is 10.2 Å². The van der Waals surface area contributed by atoms with Gasteiger partial charge in [-0.05, 0) is 61.9 Å². The summed E-state index contributed by atoms with van der Waals surface area (Å²) in [5.74, 6) is 0.323. The zero-order chi connectivity index (χ0) is 17.4. The summed E-state index contributed by atoms with van der Waals surface area (Å²) >= 11 is 1.71. The van der Waals surface area contributed by atoms with Crippen LogP contribution in [0.2, 0.25) is 0 Å². The lowest BCUT2D eigenvalue weighted by atomic mass is 10.1. The molecule has 4 rings (SSSR count). The molecule has 1 aromatic carbocycles. The molecule has 0 saturated heterocycles. The van der Waals surface area contributed by atoms with Crippen molar-refractivity contribution < 1.29 is 9.53 Å². The number of carbonyl (C=O) groups is 1. The van der Waals surface area contributed by atoms with Crippen LogP contribution < -0.4 is 10.1 Å². The van der Waals surface area contributed by atoms with Gasteiger partial charge in [-0.15, -0.1) is 11.3 Å². The summed E-state index contributed by atoms with van der Waals surface area (Å²) in [4.78, 5) is 23.2. The molecule has 5 nitrogen and oxygen atoms in total. The number of rotatable bonds is 4. The summed E-state index contributed by atoms with van der Waals surface area (Å²) in [6, 6.07) is 5.96. The lowest BCUT2D eigenvalue weighted by Crippen LogP contribution is -2.20. The van der Waals surface area contributed by atoms with E-state index in [1.54, 1.807) is 11.3 Å². The molecule has 0 atom stereocenters. The Labute approximate surface area is 150 Å². The van der Waals surface area contributed by atoms with Crippen molar-refractivity contribution >= 4 is 33.1 Å². The molecule has 1 amide bonds. The van der Waals surface area contributed by atoms with Gasteiger partial charge in [0.25, 0.3) is 5.91 Å². The Balaban J connectivity index is 1.50. The number of hydrogen-bond donors (Lipinski definition) is 1. The predicted octanol–water partition coefficient (Wildman–Crippen LogP) is 3.81. The van der Waals surface area contributed by atoms with E-state index >= 15 is 0 Å². The average Bonchev–Trinajstić information content (AvgIpc) is 3.12. The number of nitrogens with zero attached hydrogens (tertiary/aromatic N) is 2. The van der Waals surface area contributed by atoms with Gasteiger partial charge in [0.15, 0.2) is 6.61 Å². The molecule has 0 fully saturated rings. The maximum atomic E-state index is 12.2. The molecule has 0 bridgehead atoms. The second-order valence-electron chi connectivity index (χ2n) is 6.43. The number of aryl methyl sites for hydroxylation is 4. The van der Waals surface area contributed by atoms with Gasteiger partial charge in [-0.25, -0.2) is 9.97 Å². The maximum Gasteiger partial charge on any atom is 0.262 e. The molecule has 128 valence electrons. The Morgan fingerprint density at radius 1 is 1.20 bits per heavy atom. The first kappa shape index (κ1) is 16.0. The summed E-state index contributed by atoms with van der Waals surface area (Å²) in [6.45, 7) is 3.95. The monoisotopic (exact) mass is 353 g/mol. The fraction of sp³-hybridized carbons (Fsp3) is 0.316. The SMILES string of the molecule is Cc1cc(C)cc(NC(=O)COc2ncnc3sc4c(c23)CCC4)c1. The van der Waals surface area contributed by atoms with E-state index in [0.29, 0.717) is 5.88 Å². The summed E-state index contributed by atoms with van der Waals surface area (Å²) in [7, 11) is 0. The zero-order valence-electron chi connectivity index (χ0n) is 14.3. The first-order chi connectivity index (χ1) is 12.1. The number of amides is 1. The molecule has 0 radical (unpaired) electrons. The first-order valence-electron chi connectivity index (χ1n) is 8.36. The van der Waals surface area contributed by atoms with Crippen LogP contribution in [0.1, 0.15) is 28.0 Å². The number of hydrogen-bond acceptors (Lipinski definition) is 5. The minimum atomic E-state index is -0.191. The molecular weight excluding hydrogens is 334 g/mol. The van der Waals surface area contributed by atoms with E-state index in [2.05, 4.69) is 21.4 Å². The van der Waals surface area contributed by atoms with Gasteiger partial charge >= 0.3 is 0 Å². The smallest absolute Gasteiger partial charge is 0.262 e. The van der Waals surface area contributed by atoms with Gasteiger partial charge in [-0.3, -0.25) is 4.79 Å². The molecular formula is C19H19N3O2S. The van der Waals surface area contributed by atoms with Crippen LogP contribution in [0.15, 0.2) is 24.5 Å². The number of benzene rings is 1. The number of anilines is 1. The van der Waals surface area contributed by atoms with Gasteiger partial charge in [0, 0.05) is 10.6 Å². The van der Waals surface area contributed by atoms with E-state index in [1.807, 2.05) is 26.0 Å². The maximum absolute atomic E-state index is 12.2. The Morgan fingerprint density at radius 2 is 2.00 bits per heavy atom. The lowest BCUT2D eigenvalue weighted by molar-refractivity contribution is -0.118. The van der Waals surface area contributed by atoms with Crippen molar-refractivity contribution in [2.45, 2.75) is 33.1 Å². The normalized spacial score (nSPS) is 13.0. The molecule has 25 heavy (non-hydrogen) atoms. The van der Waals surface area contributed by atoms with Gasteiger partial charge in [-0.2, -0.15) is 0 Å². The fourth-order valence-electron chi connectivity index (χ4n) is 3.39. The highest BCUT2D eigenvalue weighted by atomic mass is 32.1. The fourth-order valence-corrected chi connectivity index (χ4v) is 4.61. The van der Waals surface area contributed by atoms with Gasteiger partial charge in [0.2, 0.25) is 5.88 Å². The largest absolute Gasteiger partial charge is 0.467 e. The molecule has 0 spiro atoms. The Bertz CT molecular complexity index is 944. The second-order valence-corrected chi connectivity index (χ2v) is 7.51. The Kier molecular flexibility index (Phi) is 4.13. The molecule has 2 aromatic heterocycles. The van der Waals surface area contributed by atoms with Crippen molar-refractivity contribution in [3.8, 4) is 5.88 Å². The van der Waals surface area contributed by atoms with E-state index in [0.717, 1.165) is 39.9 Å². The Hall–Kier alpha value is -2.47. The standard InChI is InChI=1S/C19H19N3O2S/c1-11-6-12(2)8-13(7-11)22-16(23)9-24-18-17-14-4-3-5-15(14)25-19(17)21-10-20-18/h6-8,10H,3-5,9H2,1-2H3,(H,22,23). The van der Waals surface area contributed by atoms with Crippen molar-refractivity contribution in [3.63, 3.8) is 0 Å². The van der Waals surface area contributed by atoms with Crippen molar-refractivity contribution in [1.29, 1.82) is 0 Å². The van der Waals surface area contributed by atoms with E-state index < -0.39 is 0 Å². The number of nitrogens with one attached hydrogen (secondary N) is 1. The topological polar surface area (TPSA) is 64.1 Å². The minimum Gasteiger partial charge on any atom is -0.467 e. The summed E-state index contributed by atoms with van der Waals surface area (Å²) in [5.41, 5.74) is 4.31. The van der Waals surface area contributed by atoms with Crippen molar-refractivity contribution in [2.75, 3.05) is 11.9 Å². The predicted molar refractivity (Wildman–Crippen MR) is 99.5 cm³/mol. The van der Waals surface area contributed by atoms with Gasteiger partial charge in [0.1, 0.15) is 11.2 Å². The third kappa shape index (κ3) is 3.22. The van der Waals surface area contributed by atoms with Gasteiger partial charge in [0.05, 0.1) is 5.39 Å². The van der Waals surface area contributed by atoms with Crippen LogP contribution in [-0.2, 0) is 17.6 Å².